The third-order valence-corrected chi connectivity index (χ3v) is 9.57. The van der Waals surface area contributed by atoms with Gasteiger partial charge in [-0.15, -0.1) is 0 Å². The lowest BCUT2D eigenvalue weighted by molar-refractivity contribution is -0.136. The number of likely N-dealkylation sites (tertiary alicyclic amines) is 1. The van der Waals surface area contributed by atoms with Gasteiger partial charge in [-0.1, -0.05) is 19.9 Å². The number of ether oxygens (including phenoxy) is 1. The van der Waals surface area contributed by atoms with Crippen LogP contribution >= 0.6 is 0 Å². The SMILES string of the molecule is CC1(C)CN([C@H]2C[C@H](OC3CCNCC3)C2)CCC1c1ccc2c(c1F)CN(C1CCC(=O)NC1=O)C2=O. The third kappa shape index (κ3) is 4.67. The number of nitrogens with one attached hydrogen (secondary N) is 2. The van der Waals surface area contributed by atoms with Crippen LogP contribution in [0.5, 0.6) is 0 Å². The normalized spacial score (nSPS) is 32.2. The van der Waals surface area contributed by atoms with Crippen LogP contribution in [-0.4, -0.2) is 78.0 Å². The van der Waals surface area contributed by atoms with Crippen molar-refractivity contribution in [3.63, 3.8) is 0 Å². The summed E-state index contributed by atoms with van der Waals surface area (Å²) in [7, 11) is 0. The summed E-state index contributed by atoms with van der Waals surface area (Å²) in [6.07, 6.45) is 6.44. The number of imide groups is 1. The number of carbonyl (C=O) groups is 3. The number of halogens is 1. The van der Waals surface area contributed by atoms with Crippen molar-refractivity contribution in [2.24, 2.45) is 5.41 Å². The number of piperidine rings is 3. The van der Waals surface area contributed by atoms with Crippen molar-refractivity contribution in [2.75, 3.05) is 26.2 Å². The zero-order valence-corrected chi connectivity index (χ0v) is 22.4. The smallest absolute Gasteiger partial charge is 0.255 e. The molecule has 6 rings (SSSR count). The lowest BCUT2D eigenvalue weighted by Crippen LogP contribution is -2.55. The molecule has 4 heterocycles. The summed E-state index contributed by atoms with van der Waals surface area (Å²) in [5.41, 5.74) is 1.26. The standard InChI is InChI=1S/C29H39FN4O4/c1-29(2)16-33(17-13-19(14-17)38-18-7-10-31-11-8-18)12-9-23(29)21-4-3-20-22(26(21)30)15-34(28(20)37)24-5-6-25(35)32-27(24)36/h3-4,17-19,23-24,31H,5-16H2,1-2H3,(H,32,35,36)/t17-,19-,23?,24?. The molecule has 1 saturated carbocycles. The van der Waals surface area contributed by atoms with Gasteiger partial charge in [0.2, 0.25) is 11.8 Å². The van der Waals surface area contributed by atoms with Crippen LogP contribution in [0.15, 0.2) is 12.1 Å². The van der Waals surface area contributed by atoms with E-state index in [-0.39, 0.29) is 48.4 Å². The van der Waals surface area contributed by atoms with E-state index in [4.69, 9.17) is 4.74 Å². The Hall–Kier alpha value is -2.36. The fraction of sp³-hybridized carbons (Fsp3) is 0.690. The molecule has 2 N–H and O–H groups in total. The summed E-state index contributed by atoms with van der Waals surface area (Å²) in [6, 6.07) is 3.32. The Morgan fingerprint density at radius 2 is 1.79 bits per heavy atom. The van der Waals surface area contributed by atoms with Crippen LogP contribution in [-0.2, 0) is 20.9 Å². The molecule has 0 radical (unpaired) electrons. The summed E-state index contributed by atoms with van der Waals surface area (Å²) in [5.74, 6) is -1.40. The summed E-state index contributed by atoms with van der Waals surface area (Å²) >= 11 is 0. The second kappa shape index (κ2) is 9.99. The molecule has 3 saturated heterocycles. The molecule has 0 aromatic heterocycles. The van der Waals surface area contributed by atoms with Gasteiger partial charge in [-0.2, -0.15) is 0 Å². The van der Waals surface area contributed by atoms with Gasteiger partial charge in [0.25, 0.3) is 5.91 Å². The number of benzene rings is 1. The van der Waals surface area contributed by atoms with E-state index < -0.39 is 11.9 Å². The molecule has 1 aromatic carbocycles. The van der Waals surface area contributed by atoms with Gasteiger partial charge >= 0.3 is 0 Å². The Bertz CT molecular complexity index is 1130. The van der Waals surface area contributed by atoms with Gasteiger partial charge in [0.15, 0.2) is 0 Å². The molecule has 4 fully saturated rings. The van der Waals surface area contributed by atoms with Crippen molar-refractivity contribution in [3.8, 4) is 0 Å². The molecule has 2 unspecified atom stereocenters. The van der Waals surface area contributed by atoms with E-state index in [0.29, 0.717) is 34.9 Å². The zero-order chi connectivity index (χ0) is 26.6. The van der Waals surface area contributed by atoms with Crippen molar-refractivity contribution >= 4 is 17.7 Å². The first-order valence-electron chi connectivity index (χ1n) is 14.3. The summed E-state index contributed by atoms with van der Waals surface area (Å²) in [4.78, 5) is 41.0. The van der Waals surface area contributed by atoms with Crippen LogP contribution in [0.4, 0.5) is 4.39 Å². The highest BCUT2D eigenvalue weighted by Gasteiger charge is 2.45. The predicted molar refractivity (Wildman–Crippen MR) is 139 cm³/mol. The van der Waals surface area contributed by atoms with E-state index in [1.165, 1.54) is 4.90 Å². The molecule has 38 heavy (non-hydrogen) atoms. The largest absolute Gasteiger partial charge is 0.375 e. The van der Waals surface area contributed by atoms with Gasteiger partial charge in [0.1, 0.15) is 11.9 Å². The minimum atomic E-state index is -0.736. The number of nitrogens with zero attached hydrogens (tertiary/aromatic N) is 2. The fourth-order valence-electron chi connectivity index (χ4n) is 7.33. The highest BCUT2D eigenvalue weighted by molar-refractivity contribution is 6.05. The van der Waals surface area contributed by atoms with Crippen LogP contribution in [0, 0.1) is 11.2 Å². The van der Waals surface area contributed by atoms with Crippen LogP contribution in [0.25, 0.3) is 0 Å². The molecule has 0 spiro atoms. The number of fused-ring (bicyclic) bond motifs is 1. The molecule has 5 aliphatic rings. The van der Waals surface area contributed by atoms with Crippen molar-refractivity contribution in [2.45, 2.75) is 95.5 Å². The molecule has 3 amide bonds. The molecule has 8 nitrogen and oxygen atoms in total. The highest BCUT2D eigenvalue weighted by Crippen LogP contribution is 2.46. The molecule has 4 aliphatic heterocycles. The zero-order valence-electron chi connectivity index (χ0n) is 22.4. The van der Waals surface area contributed by atoms with Crippen molar-refractivity contribution in [1.82, 2.24) is 20.4 Å². The molecule has 0 bridgehead atoms. The summed E-state index contributed by atoms with van der Waals surface area (Å²) in [6.45, 7) is 8.44. The lowest BCUT2D eigenvalue weighted by atomic mass is 9.69. The highest BCUT2D eigenvalue weighted by atomic mass is 19.1. The van der Waals surface area contributed by atoms with E-state index in [1.807, 2.05) is 0 Å². The van der Waals surface area contributed by atoms with Crippen LogP contribution in [0.3, 0.4) is 0 Å². The molecule has 9 heteroatoms. The van der Waals surface area contributed by atoms with Gasteiger partial charge in [-0.25, -0.2) is 4.39 Å². The number of amides is 3. The van der Waals surface area contributed by atoms with Gasteiger partial charge in [-0.3, -0.25) is 24.6 Å². The van der Waals surface area contributed by atoms with Crippen LogP contribution in [0.2, 0.25) is 0 Å². The first-order chi connectivity index (χ1) is 18.2. The third-order valence-electron chi connectivity index (χ3n) is 9.57. The maximum absolute atomic E-state index is 16.0. The maximum atomic E-state index is 16.0. The Balaban J connectivity index is 1.11. The van der Waals surface area contributed by atoms with Gasteiger partial charge < -0.3 is 15.0 Å². The van der Waals surface area contributed by atoms with Crippen LogP contribution < -0.4 is 10.6 Å². The van der Waals surface area contributed by atoms with Crippen molar-refractivity contribution < 1.29 is 23.5 Å². The first kappa shape index (κ1) is 25.9. The van der Waals surface area contributed by atoms with E-state index in [0.717, 1.165) is 58.3 Å². The summed E-state index contributed by atoms with van der Waals surface area (Å²) < 4.78 is 22.3. The second-order valence-electron chi connectivity index (χ2n) is 12.5. The molecule has 1 aromatic rings. The van der Waals surface area contributed by atoms with Gasteiger partial charge in [0, 0.05) is 30.1 Å². The molecule has 206 valence electrons. The number of hydrogen-bond acceptors (Lipinski definition) is 6. The maximum Gasteiger partial charge on any atom is 0.255 e. The van der Waals surface area contributed by atoms with E-state index >= 15 is 4.39 Å². The Morgan fingerprint density at radius 3 is 2.50 bits per heavy atom. The average molecular weight is 527 g/mol. The van der Waals surface area contributed by atoms with Gasteiger partial charge in [-0.05, 0) is 81.1 Å². The minimum Gasteiger partial charge on any atom is -0.375 e. The Kier molecular flexibility index (Phi) is 6.81. The number of rotatable bonds is 5. The van der Waals surface area contributed by atoms with Crippen LogP contribution in [0.1, 0.15) is 86.2 Å². The average Bonchev–Trinajstić information content (AvgIpc) is 3.19. The monoisotopic (exact) mass is 526 g/mol. The van der Waals surface area contributed by atoms with E-state index in [9.17, 15) is 14.4 Å². The Morgan fingerprint density at radius 1 is 1.03 bits per heavy atom. The fourth-order valence-corrected chi connectivity index (χ4v) is 7.33. The molecule has 1 aliphatic carbocycles. The first-order valence-corrected chi connectivity index (χ1v) is 14.3. The Labute approximate surface area is 223 Å². The quantitative estimate of drug-likeness (QED) is 0.574. The second-order valence-corrected chi connectivity index (χ2v) is 12.5. The summed E-state index contributed by atoms with van der Waals surface area (Å²) in [5, 5.41) is 5.70. The van der Waals surface area contributed by atoms with Crippen molar-refractivity contribution in [3.05, 3.63) is 34.6 Å². The van der Waals surface area contributed by atoms with Gasteiger partial charge in [0.05, 0.1) is 18.8 Å². The van der Waals surface area contributed by atoms with E-state index in [1.54, 1.807) is 12.1 Å². The number of carbonyl (C=O) groups excluding carboxylic acids is 3. The predicted octanol–water partition coefficient (Wildman–Crippen LogP) is 2.70. The van der Waals surface area contributed by atoms with E-state index in [2.05, 4.69) is 29.4 Å². The minimum absolute atomic E-state index is 0.0469. The molecular weight excluding hydrogens is 487 g/mol. The molecule has 2 atom stereocenters. The molecular formula is C29H39FN4O4. The number of hydrogen-bond donors (Lipinski definition) is 2. The van der Waals surface area contributed by atoms with Crippen molar-refractivity contribution in [1.29, 1.82) is 0 Å². The lowest BCUT2D eigenvalue weighted by Gasteiger charge is -2.51. The topological polar surface area (TPSA) is 91.0 Å².